The summed E-state index contributed by atoms with van der Waals surface area (Å²) in [6.07, 6.45) is 0. The lowest BCUT2D eigenvalue weighted by molar-refractivity contribution is 0.115. The van der Waals surface area contributed by atoms with Crippen molar-refractivity contribution in [2.45, 2.75) is 91.0 Å². The summed E-state index contributed by atoms with van der Waals surface area (Å²) in [5, 5.41) is 0. The summed E-state index contributed by atoms with van der Waals surface area (Å²) in [6.45, 7) is 22.2. The van der Waals surface area contributed by atoms with Gasteiger partial charge in [-0.1, -0.05) is 0 Å². The first-order valence-electron chi connectivity index (χ1n) is 7.02. The highest BCUT2D eigenvalue weighted by molar-refractivity contribution is 6.76. The lowest BCUT2D eigenvalue weighted by Crippen LogP contribution is -2.44. The molecule has 0 saturated heterocycles. The minimum atomic E-state index is -1.57. The van der Waals surface area contributed by atoms with Gasteiger partial charge in [-0.05, 0) is 79.8 Å². The van der Waals surface area contributed by atoms with Gasteiger partial charge in [-0.25, -0.2) is 0 Å². The average Bonchev–Trinajstić information content (AvgIpc) is 1.91. The zero-order chi connectivity index (χ0) is 14.8. The smallest absolute Gasteiger partial charge is 0.187 e. The topological polar surface area (TPSA) is 18.5 Å². The van der Waals surface area contributed by atoms with E-state index in [0.717, 1.165) is 0 Å². The van der Waals surface area contributed by atoms with Crippen LogP contribution in [0.15, 0.2) is 0 Å². The molecule has 0 spiro atoms. The maximum atomic E-state index is 6.26. The summed E-state index contributed by atoms with van der Waals surface area (Å²) < 4.78 is 12.5. The molecular formula is C14H34O2Si2. The maximum absolute atomic E-state index is 6.26. The fraction of sp³-hybridized carbons (Fsp3) is 1.00. The maximum Gasteiger partial charge on any atom is 0.187 e. The SMILES string of the molecule is CC(C)(C)O[Si](C)(C)CC[Si](C)(C)OC(C)(C)C. The third-order valence-electron chi connectivity index (χ3n) is 2.49. The first kappa shape index (κ1) is 18.4. The molecule has 0 aromatic carbocycles. The summed E-state index contributed by atoms with van der Waals surface area (Å²) in [5.74, 6) is 0. The second-order valence-electron chi connectivity index (χ2n) is 8.45. The Morgan fingerprint density at radius 1 is 0.611 bits per heavy atom. The highest BCUT2D eigenvalue weighted by atomic mass is 28.4. The van der Waals surface area contributed by atoms with Gasteiger partial charge in [0.05, 0.1) is 0 Å². The van der Waals surface area contributed by atoms with E-state index in [0.29, 0.717) is 0 Å². The molecule has 4 heteroatoms. The summed E-state index contributed by atoms with van der Waals surface area (Å²) in [6, 6.07) is 2.39. The van der Waals surface area contributed by atoms with Crippen LogP contribution in [0.1, 0.15) is 41.5 Å². The Hall–Kier alpha value is 0.354. The van der Waals surface area contributed by atoms with Crippen LogP contribution in [0.4, 0.5) is 0 Å². The molecule has 0 atom stereocenters. The van der Waals surface area contributed by atoms with Crippen molar-refractivity contribution in [2.24, 2.45) is 0 Å². The number of hydrogen-bond acceptors (Lipinski definition) is 2. The molecule has 0 aliphatic carbocycles. The fourth-order valence-corrected chi connectivity index (χ4v) is 10.7. The van der Waals surface area contributed by atoms with Crippen molar-refractivity contribution in [3.63, 3.8) is 0 Å². The van der Waals surface area contributed by atoms with Crippen LogP contribution in [0.2, 0.25) is 38.3 Å². The molecule has 0 aliphatic heterocycles. The van der Waals surface area contributed by atoms with E-state index in [2.05, 4.69) is 67.7 Å². The molecular weight excluding hydrogens is 256 g/mol. The van der Waals surface area contributed by atoms with Gasteiger partial charge in [-0.3, -0.25) is 0 Å². The van der Waals surface area contributed by atoms with Crippen LogP contribution in [0.5, 0.6) is 0 Å². The van der Waals surface area contributed by atoms with E-state index >= 15 is 0 Å². The third-order valence-corrected chi connectivity index (χ3v) is 8.23. The molecule has 2 nitrogen and oxygen atoms in total. The molecule has 0 bridgehead atoms. The molecule has 0 unspecified atom stereocenters. The Bertz CT molecular complexity index is 232. The monoisotopic (exact) mass is 290 g/mol. The first-order valence-corrected chi connectivity index (χ1v) is 13.3. The van der Waals surface area contributed by atoms with E-state index in [9.17, 15) is 0 Å². The van der Waals surface area contributed by atoms with Crippen molar-refractivity contribution >= 4 is 16.6 Å². The third kappa shape index (κ3) is 10.3. The van der Waals surface area contributed by atoms with Crippen molar-refractivity contribution in [3.8, 4) is 0 Å². The molecule has 0 fully saturated rings. The quantitative estimate of drug-likeness (QED) is 0.661. The van der Waals surface area contributed by atoms with E-state index < -0.39 is 16.6 Å². The Morgan fingerprint density at radius 2 is 0.833 bits per heavy atom. The first-order chi connectivity index (χ1) is 7.62. The predicted octanol–water partition coefficient (Wildman–Crippen LogP) is 5.03. The van der Waals surface area contributed by atoms with Gasteiger partial charge in [-0.15, -0.1) is 0 Å². The minimum absolute atomic E-state index is 0.0215. The molecule has 18 heavy (non-hydrogen) atoms. The summed E-state index contributed by atoms with van der Waals surface area (Å²) >= 11 is 0. The second kappa shape index (κ2) is 5.77. The van der Waals surface area contributed by atoms with Crippen molar-refractivity contribution in [3.05, 3.63) is 0 Å². The summed E-state index contributed by atoms with van der Waals surface area (Å²) in [5.41, 5.74) is -0.0430. The van der Waals surface area contributed by atoms with Gasteiger partial charge < -0.3 is 8.85 Å². The molecule has 0 rings (SSSR count). The molecule has 0 amide bonds. The number of rotatable bonds is 5. The van der Waals surface area contributed by atoms with Crippen LogP contribution in [0.3, 0.4) is 0 Å². The molecule has 0 radical (unpaired) electrons. The van der Waals surface area contributed by atoms with E-state index in [-0.39, 0.29) is 11.2 Å². The average molecular weight is 291 g/mol. The minimum Gasteiger partial charge on any atom is -0.413 e. The Balaban J connectivity index is 4.38. The Kier molecular flexibility index (Phi) is 5.89. The van der Waals surface area contributed by atoms with Crippen molar-refractivity contribution in [2.75, 3.05) is 0 Å². The zero-order valence-electron chi connectivity index (χ0n) is 14.2. The van der Waals surface area contributed by atoms with Crippen molar-refractivity contribution < 1.29 is 8.85 Å². The normalized spacial score (nSPS) is 15.0. The van der Waals surface area contributed by atoms with E-state index in [1.165, 1.54) is 12.1 Å². The van der Waals surface area contributed by atoms with Crippen LogP contribution in [-0.2, 0) is 8.85 Å². The van der Waals surface area contributed by atoms with Gasteiger partial charge in [-0.2, -0.15) is 0 Å². The summed E-state index contributed by atoms with van der Waals surface area (Å²) in [4.78, 5) is 0. The van der Waals surface area contributed by atoms with Gasteiger partial charge in [0.25, 0.3) is 0 Å². The summed E-state index contributed by atoms with van der Waals surface area (Å²) in [7, 11) is -3.14. The standard InChI is InChI=1S/C14H34O2Si2/c1-13(2,3)15-17(7,8)11-12-18(9,10)16-14(4,5)6/h11-12H2,1-10H3. The zero-order valence-corrected chi connectivity index (χ0v) is 16.2. The lowest BCUT2D eigenvalue weighted by Gasteiger charge is -2.36. The van der Waals surface area contributed by atoms with Crippen molar-refractivity contribution in [1.29, 1.82) is 0 Å². The van der Waals surface area contributed by atoms with Crippen LogP contribution in [0, 0.1) is 0 Å². The van der Waals surface area contributed by atoms with Crippen LogP contribution < -0.4 is 0 Å². The highest BCUT2D eigenvalue weighted by Crippen LogP contribution is 2.28. The molecule has 0 aromatic rings. The van der Waals surface area contributed by atoms with Crippen LogP contribution >= 0.6 is 0 Å². The highest BCUT2D eigenvalue weighted by Gasteiger charge is 2.34. The Morgan fingerprint density at radius 3 is 1.00 bits per heavy atom. The molecule has 0 aromatic heterocycles. The van der Waals surface area contributed by atoms with Gasteiger partial charge in [0.2, 0.25) is 0 Å². The largest absolute Gasteiger partial charge is 0.413 e. The van der Waals surface area contributed by atoms with Crippen LogP contribution in [0.25, 0.3) is 0 Å². The molecule has 0 heterocycles. The lowest BCUT2D eigenvalue weighted by atomic mass is 10.2. The van der Waals surface area contributed by atoms with Crippen LogP contribution in [-0.4, -0.2) is 27.8 Å². The molecule has 0 saturated carbocycles. The Labute approximate surface area is 117 Å². The van der Waals surface area contributed by atoms with Gasteiger partial charge in [0.15, 0.2) is 16.6 Å². The van der Waals surface area contributed by atoms with Crippen molar-refractivity contribution in [1.82, 2.24) is 0 Å². The molecule has 0 N–H and O–H groups in total. The van der Waals surface area contributed by atoms with Gasteiger partial charge in [0.1, 0.15) is 0 Å². The van der Waals surface area contributed by atoms with E-state index in [1.807, 2.05) is 0 Å². The fourth-order valence-electron chi connectivity index (χ4n) is 2.36. The van der Waals surface area contributed by atoms with Gasteiger partial charge >= 0.3 is 0 Å². The van der Waals surface area contributed by atoms with E-state index in [1.54, 1.807) is 0 Å². The molecule has 0 aliphatic rings. The predicted molar refractivity (Wildman–Crippen MR) is 86.3 cm³/mol. The van der Waals surface area contributed by atoms with Gasteiger partial charge in [0, 0.05) is 11.2 Å². The molecule has 110 valence electrons. The second-order valence-corrected chi connectivity index (χ2v) is 16.9. The number of hydrogen-bond donors (Lipinski definition) is 0. The van der Waals surface area contributed by atoms with E-state index in [4.69, 9.17) is 8.85 Å².